The number of terminal acetylenes is 1. The molecule has 1 saturated heterocycles. The molecule has 0 saturated carbocycles. The van der Waals surface area contributed by atoms with E-state index in [1.54, 1.807) is 0 Å². The SMILES string of the molecule is C#CCC(N)C(=O)NC1COCC1C. The van der Waals surface area contributed by atoms with Gasteiger partial charge in [-0.1, -0.05) is 6.92 Å². The van der Waals surface area contributed by atoms with E-state index >= 15 is 0 Å². The lowest BCUT2D eigenvalue weighted by molar-refractivity contribution is -0.123. The van der Waals surface area contributed by atoms with Gasteiger partial charge >= 0.3 is 0 Å². The summed E-state index contributed by atoms with van der Waals surface area (Å²) in [6, 6.07) is -0.529. The van der Waals surface area contributed by atoms with Gasteiger partial charge in [-0.05, 0) is 0 Å². The normalized spacial score (nSPS) is 28.1. The van der Waals surface area contributed by atoms with E-state index in [9.17, 15) is 4.79 Å². The molecule has 1 rings (SSSR count). The second-order valence-corrected chi connectivity index (χ2v) is 3.64. The van der Waals surface area contributed by atoms with Crippen molar-refractivity contribution < 1.29 is 9.53 Å². The molecule has 1 amide bonds. The van der Waals surface area contributed by atoms with Crippen LogP contribution in [0.3, 0.4) is 0 Å². The van der Waals surface area contributed by atoms with Gasteiger partial charge in [0.1, 0.15) is 0 Å². The van der Waals surface area contributed by atoms with Crippen molar-refractivity contribution in [2.45, 2.75) is 25.4 Å². The first-order chi connectivity index (χ1) is 6.65. The third-order valence-corrected chi connectivity index (χ3v) is 2.37. The molecule has 4 nitrogen and oxygen atoms in total. The van der Waals surface area contributed by atoms with Gasteiger partial charge in [-0.15, -0.1) is 12.3 Å². The first-order valence-electron chi connectivity index (χ1n) is 4.72. The van der Waals surface area contributed by atoms with E-state index in [0.717, 1.165) is 0 Å². The summed E-state index contributed by atoms with van der Waals surface area (Å²) in [5, 5.41) is 2.83. The number of nitrogens with one attached hydrogen (secondary N) is 1. The number of amides is 1. The largest absolute Gasteiger partial charge is 0.379 e. The molecule has 0 aromatic carbocycles. The molecule has 1 aliphatic rings. The fourth-order valence-corrected chi connectivity index (χ4v) is 1.35. The third-order valence-electron chi connectivity index (χ3n) is 2.37. The molecule has 0 spiro atoms. The minimum absolute atomic E-state index is 0.0753. The van der Waals surface area contributed by atoms with Crippen molar-refractivity contribution in [2.75, 3.05) is 13.2 Å². The van der Waals surface area contributed by atoms with Crippen molar-refractivity contribution in [2.24, 2.45) is 11.7 Å². The summed E-state index contributed by atoms with van der Waals surface area (Å²) in [6.07, 6.45) is 5.34. The number of hydrogen-bond acceptors (Lipinski definition) is 3. The van der Waals surface area contributed by atoms with Crippen molar-refractivity contribution in [3.63, 3.8) is 0 Å². The fourth-order valence-electron chi connectivity index (χ4n) is 1.35. The molecule has 4 heteroatoms. The molecule has 1 aliphatic heterocycles. The smallest absolute Gasteiger partial charge is 0.238 e. The van der Waals surface area contributed by atoms with Crippen LogP contribution in [0.1, 0.15) is 13.3 Å². The van der Waals surface area contributed by atoms with E-state index in [1.807, 2.05) is 6.92 Å². The van der Waals surface area contributed by atoms with Crippen LogP contribution in [0.25, 0.3) is 0 Å². The summed E-state index contributed by atoms with van der Waals surface area (Å²) >= 11 is 0. The Balaban J connectivity index is 2.36. The lowest BCUT2D eigenvalue weighted by atomic mass is 10.1. The second kappa shape index (κ2) is 4.99. The van der Waals surface area contributed by atoms with E-state index in [0.29, 0.717) is 19.1 Å². The Kier molecular flexibility index (Phi) is 3.93. The van der Waals surface area contributed by atoms with Crippen LogP contribution in [-0.2, 0) is 9.53 Å². The van der Waals surface area contributed by atoms with Crippen LogP contribution in [0.5, 0.6) is 0 Å². The molecule has 0 aromatic heterocycles. The Hall–Kier alpha value is -1.05. The zero-order valence-electron chi connectivity index (χ0n) is 8.32. The van der Waals surface area contributed by atoms with Gasteiger partial charge in [-0.3, -0.25) is 4.79 Å². The number of ether oxygens (including phenoxy) is 1. The first kappa shape index (κ1) is 11.0. The van der Waals surface area contributed by atoms with Crippen molar-refractivity contribution >= 4 is 5.91 Å². The second-order valence-electron chi connectivity index (χ2n) is 3.64. The number of hydrogen-bond donors (Lipinski definition) is 2. The van der Waals surface area contributed by atoms with Gasteiger partial charge in [0, 0.05) is 12.3 Å². The molecule has 3 N–H and O–H groups in total. The molecule has 0 bridgehead atoms. The highest BCUT2D eigenvalue weighted by molar-refractivity contribution is 5.82. The van der Waals surface area contributed by atoms with Crippen LogP contribution in [0.4, 0.5) is 0 Å². The molecule has 78 valence electrons. The van der Waals surface area contributed by atoms with E-state index in [2.05, 4.69) is 11.2 Å². The topological polar surface area (TPSA) is 64.4 Å². The molecular weight excluding hydrogens is 180 g/mol. The van der Waals surface area contributed by atoms with Gasteiger partial charge in [0.25, 0.3) is 0 Å². The summed E-state index contributed by atoms with van der Waals surface area (Å²) < 4.78 is 5.21. The summed E-state index contributed by atoms with van der Waals surface area (Å²) in [4.78, 5) is 11.4. The standard InChI is InChI=1S/C10H16N2O2/c1-3-4-8(11)10(13)12-9-6-14-5-7(9)2/h1,7-9H,4-6,11H2,2H3,(H,12,13). The lowest BCUT2D eigenvalue weighted by Crippen LogP contribution is -2.47. The average Bonchev–Trinajstić information content (AvgIpc) is 2.52. The number of carbonyl (C=O) groups excluding carboxylic acids is 1. The van der Waals surface area contributed by atoms with E-state index in [1.165, 1.54) is 0 Å². The van der Waals surface area contributed by atoms with E-state index in [4.69, 9.17) is 16.9 Å². The van der Waals surface area contributed by atoms with Crippen LogP contribution < -0.4 is 11.1 Å². The molecule has 0 aromatic rings. The highest BCUT2D eigenvalue weighted by Gasteiger charge is 2.27. The lowest BCUT2D eigenvalue weighted by Gasteiger charge is -2.17. The summed E-state index contributed by atoms with van der Waals surface area (Å²) in [6.45, 7) is 3.29. The third kappa shape index (κ3) is 2.72. The summed E-state index contributed by atoms with van der Waals surface area (Å²) in [5.74, 6) is 2.52. The molecular formula is C10H16N2O2. The fraction of sp³-hybridized carbons (Fsp3) is 0.700. The maximum Gasteiger partial charge on any atom is 0.238 e. The predicted molar refractivity (Wildman–Crippen MR) is 53.3 cm³/mol. The Labute approximate surface area is 84.2 Å². The van der Waals surface area contributed by atoms with Crippen LogP contribution in [0, 0.1) is 18.3 Å². The highest BCUT2D eigenvalue weighted by atomic mass is 16.5. The van der Waals surface area contributed by atoms with Gasteiger partial charge < -0.3 is 15.8 Å². The van der Waals surface area contributed by atoms with E-state index < -0.39 is 6.04 Å². The van der Waals surface area contributed by atoms with Crippen molar-refractivity contribution in [3.05, 3.63) is 0 Å². The van der Waals surface area contributed by atoms with Crippen LogP contribution in [0.2, 0.25) is 0 Å². The van der Waals surface area contributed by atoms with Crippen molar-refractivity contribution in [3.8, 4) is 12.3 Å². The summed E-state index contributed by atoms with van der Waals surface area (Å²) in [5.41, 5.74) is 5.56. The maximum atomic E-state index is 11.4. The minimum atomic E-state index is -0.604. The highest BCUT2D eigenvalue weighted by Crippen LogP contribution is 2.12. The number of rotatable bonds is 3. The molecule has 0 aliphatic carbocycles. The van der Waals surface area contributed by atoms with Gasteiger partial charge in [0.15, 0.2) is 0 Å². The Morgan fingerprint density at radius 1 is 1.79 bits per heavy atom. The van der Waals surface area contributed by atoms with Crippen molar-refractivity contribution in [1.82, 2.24) is 5.32 Å². The Morgan fingerprint density at radius 2 is 2.50 bits per heavy atom. The van der Waals surface area contributed by atoms with Gasteiger partial charge in [0.2, 0.25) is 5.91 Å². The zero-order valence-corrected chi connectivity index (χ0v) is 8.32. The number of carbonyl (C=O) groups is 1. The van der Waals surface area contributed by atoms with Gasteiger partial charge in [-0.25, -0.2) is 0 Å². The van der Waals surface area contributed by atoms with Gasteiger partial charge in [-0.2, -0.15) is 0 Å². The number of nitrogens with two attached hydrogens (primary N) is 1. The molecule has 3 atom stereocenters. The van der Waals surface area contributed by atoms with Crippen molar-refractivity contribution in [1.29, 1.82) is 0 Å². The monoisotopic (exact) mass is 196 g/mol. The van der Waals surface area contributed by atoms with Crippen LogP contribution in [-0.4, -0.2) is 31.2 Å². The van der Waals surface area contributed by atoms with Gasteiger partial charge in [0.05, 0.1) is 25.3 Å². The molecule has 0 radical (unpaired) electrons. The molecule has 1 fully saturated rings. The van der Waals surface area contributed by atoms with Crippen LogP contribution >= 0.6 is 0 Å². The summed E-state index contributed by atoms with van der Waals surface area (Å²) in [7, 11) is 0. The predicted octanol–water partition coefficient (Wildman–Crippen LogP) is -0.512. The maximum absolute atomic E-state index is 11.4. The van der Waals surface area contributed by atoms with Crippen LogP contribution in [0.15, 0.2) is 0 Å². The zero-order chi connectivity index (χ0) is 10.6. The molecule has 14 heavy (non-hydrogen) atoms. The Morgan fingerprint density at radius 3 is 3.00 bits per heavy atom. The molecule has 3 unspecified atom stereocenters. The Bertz CT molecular complexity index is 247. The quantitative estimate of drug-likeness (QED) is 0.597. The average molecular weight is 196 g/mol. The first-order valence-corrected chi connectivity index (χ1v) is 4.72. The van der Waals surface area contributed by atoms with E-state index in [-0.39, 0.29) is 18.4 Å². The minimum Gasteiger partial charge on any atom is -0.379 e. The molecule has 1 heterocycles.